The van der Waals surface area contributed by atoms with Gasteiger partial charge in [0.2, 0.25) is 0 Å². The highest BCUT2D eigenvalue weighted by Crippen LogP contribution is 2.36. The first-order chi connectivity index (χ1) is 12.5. The maximum Gasteiger partial charge on any atom is 0.333 e. The maximum atomic E-state index is 11.5. The van der Waals surface area contributed by atoms with Gasteiger partial charge in [-0.1, -0.05) is 65.9 Å². The quantitative estimate of drug-likeness (QED) is 0.160. The van der Waals surface area contributed by atoms with Crippen molar-refractivity contribution in [2.75, 3.05) is 13.2 Å². The minimum Gasteiger partial charge on any atom is -0.462 e. The molecule has 1 unspecified atom stereocenters. The zero-order chi connectivity index (χ0) is 19.8. The number of unbranched alkanes of at least 4 members (excludes halogenated alkanes) is 5. The van der Waals surface area contributed by atoms with Crippen molar-refractivity contribution in [1.82, 2.24) is 0 Å². The average molecular weight is 369 g/mol. The highest BCUT2D eigenvalue weighted by atomic mass is 16.5. The van der Waals surface area contributed by atoms with E-state index in [4.69, 9.17) is 9.47 Å². The van der Waals surface area contributed by atoms with Gasteiger partial charge in [-0.25, -0.2) is 4.79 Å². The van der Waals surface area contributed by atoms with Gasteiger partial charge in [-0.15, -0.1) is 0 Å². The molecular formula is C23H44O3. The fraction of sp³-hybridized carbons (Fsp3) is 0.870. The lowest BCUT2D eigenvalue weighted by Crippen LogP contribution is -2.40. The Morgan fingerprint density at radius 1 is 0.923 bits per heavy atom. The zero-order valence-electron chi connectivity index (χ0n) is 18.2. The summed E-state index contributed by atoms with van der Waals surface area (Å²) in [7, 11) is 0. The third-order valence-corrected chi connectivity index (χ3v) is 5.56. The van der Waals surface area contributed by atoms with Gasteiger partial charge in [0.1, 0.15) is 0 Å². The molecule has 0 aromatic heterocycles. The monoisotopic (exact) mass is 368 g/mol. The molecule has 3 nitrogen and oxygen atoms in total. The SMILES string of the molecule is C=C(C)C(=O)OCCCC(CCCCCCCC)C(CC)(CC)OCC. The Kier molecular flexibility index (Phi) is 14.8. The van der Waals surface area contributed by atoms with E-state index in [1.54, 1.807) is 6.92 Å². The van der Waals surface area contributed by atoms with Crippen LogP contribution in [0.1, 0.15) is 105 Å². The minimum absolute atomic E-state index is 0.0312. The van der Waals surface area contributed by atoms with Gasteiger partial charge >= 0.3 is 5.97 Å². The van der Waals surface area contributed by atoms with Crippen LogP contribution in [0.15, 0.2) is 12.2 Å². The second-order valence-corrected chi connectivity index (χ2v) is 7.52. The van der Waals surface area contributed by atoms with Crippen LogP contribution in [0.25, 0.3) is 0 Å². The van der Waals surface area contributed by atoms with Gasteiger partial charge in [-0.3, -0.25) is 0 Å². The van der Waals surface area contributed by atoms with Gasteiger partial charge in [0.25, 0.3) is 0 Å². The molecule has 0 rings (SSSR count). The number of ether oxygens (including phenoxy) is 2. The van der Waals surface area contributed by atoms with Crippen molar-refractivity contribution in [3.63, 3.8) is 0 Å². The number of carbonyl (C=O) groups is 1. The number of hydrogen-bond donors (Lipinski definition) is 0. The van der Waals surface area contributed by atoms with Crippen molar-refractivity contribution in [1.29, 1.82) is 0 Å². The molecule has 0 radical (unpaired) electrons. The molecule has 0 aromatic carbocycles. The molecule has 0 spiro atoms. The normalized spacial score (nSPS) is 12.8. The lowest BCUT2D eigenvalue weighted by molar-refractivity contribution is -0.139. The number of hydrogen-bond acceptors (Lipinski definition) is 3. The Labute approximate surface area is 162 Å². The van der Waals surface area contributed by atoms with Gasteiger partial charge in [0, 0.05) is 12.2 Å². The fourth-order valence-corrected chi connectivity index (χ4v) is 3.90. The van der Waals surface area contributed by atoms with Crippen molar-refractivity contribution in [2.24, 2.45) is 5.92 Å². The van der Waals surface area contributed by atoms with Crippen molar-refractivity contribution in [3.05, 3.63) is 12.2 Å². The Balaban J connectivity index is 4.61. The third kappa shape index (κ3) is 9.75. The van der Waals surface area contributed by atoms with Gasteiger partial charge in [-0.05, 0) is 51.9 Å². The molecule has 0 fully saturated rings. The number of esters is 1. The summed E-state index contributed by atoms with van der Waals surface area (Å²) in [6.45, 7) is 15.4. The standard InChI is InChI=1S/C23H44O3/c1-7-11-12-13-14-15-17-21(23(8-2,9-3)26-10-4)18-16-19-25-22(24)20(5)6/h21H,5,7-19H2,1-4,6H3. The predicted octanol–water partition coefficient (Wildman–Crippen LogP) is 6.85. The van der Waals surface area contributed by atoms with Crippen LogP contribution in [-0.4, -0.2) is 24.8 Å². The molecule has 0 aliphatic heterocycles. The summed E-state index contributed by atoms with van der Waals surface area (Å²) in [5, 5.41) is 0. The second-order valence-electron chi connectivity index (χ2n) is 7.52. The average Bonchev–Trinajstić information content (AvgIpc) is 2.64. The summed E-state index contributed by atoms with van der Waals surface area (Å²) in [5.74, 6) is 0.256. The van der Waals surface area contributed by atoms with E-state index in [1.807, 2.05) is 0 Å². The molecule has 0 saturated carbocycles. The van der Waals surface area contributed by atoms with E-state index in [-0.39, 0.29) is 11.6 Å². The van der Waals surface area contributed by atoms with Gasteiger partial charge < -0.3 is 9.47 Å². The molecule has 0 heterocycles. The molecule has 0 bridgehead atoms. The first kappa shape index (κ1) is 25.2. The van der Waals surface area contributed by atoms with E-state index in [9.17, 15) is 4.79 Å². The fourth-order valence-electron chi connectivity index (χ4n) is 3.90. The zero-order valence-corrected chi connectivity index (χ0v) is 18.2. The molecule has 0 amide bonds. The smallest absolute Gasteiger partial charge is 0.333 e. The van der Waals surface area contributed by atoms with Crippen molar-refractivity contribution < 1.29 is 14.3 Å². The molecule has 0 aromatic rings. The number of carbonyl (C=O) groups excluding carboxylic acids is 1. The summed E-state index contributed by atoms with van der Waals surface area (Å²) >= 11 is 0. The summed E-state index contributed by atoms with van der Waals surface area (Å²) in [6, 6.07) is 0. The lowest BCUT2D eigenvalue weighted by Gasteiger charge is -2.40. The highest BCUT2D eigenvalue weighted by Gasteiger charge is 2.35. The first-order valence-electron chi connectivity index (χ1n) is 10.9. The molecule has 0 saturated heterocycles. The van der Waals surface area contributed by atoms with E-state index >= 15 is 0 Å². The Bertz CT molecular complexity index is 372. The van der Waals surface area contributed by atoms with Crippen LogP contribution in [0.3, 0.4) is 0 Å². The Morgan fingerprint density at radius 3 is 2.04 bits per heavy atom. The molecule has 26 heavy (non-hydrogen) atoms. The molecule has 0 aliphatic rings. The topological polar surface area (TPSA) is 35.5 Å². The molecule has 154 valence electrons. The van der Waals surface area contributed by atoms with Crippen LogP contribution < -0.4 is 0 Å². The van der Waals surface area contributed by atoms with E-state index in [0.29, 0.717) is 18.1 Å². The van der Waals surface area contributed by atoms with Crippen LogP contribution in [0.5, 0.6) is 0 Å². The minimum atomic E-state index is -0.278. The molecule has 1 atom stereocenters. The van der Waals surface area contributed by atoms with Crippen LogP contribution in [-0.2, 0) is 14.3 Å². The van der Waals surface area contributed by atoms with Crippen LogP contribution in [0.2, 0.25) is 0 Å². The lowest BCUT2D eigenvalue weighted by atomic mass is 9.77. The molecule has 0 N–H and O–H groups in total. The Hall–Kier alpha value is -0.830. The highest BCUT2D eigenvalue weighted by molar-refractivity contribution is 5.86. The van der Waals surface area contributed by atoms with Crippen LogP contribution >= 0.6 is 0 Å². The van der Waals surface area contributed by atoms with Gasteiger partial charge in [-0.2, -0.15) is 0 Å². The molecule has 3 heteroatoms. The second kappa shape index (κ2) is 15.2. The summed E-state index contributed by atoms with van der Waals surface area (Å²) in [4.78, 5) is 11.5. The maximum absolute atomic E-state index is 11.5. The number of rotatable bonds is 17. The van der Waals surface area contributed by atoms with E-state index in [1.165, 1.54) is 44.9 Å². The Morgan fingerprint density at radius 2 is 1.50 bits per heavy atom. The van der Waals surface area contributed by atoms with Crippen LogP contribution in [0.4, 0.5) is 0 Å². The third-order valence-electron chi connectivity index (χ3n) is 5.56. The van der Waals surface area contributed by atoms with E-state index in [0.717, 1.165) is 32.3 Å². The van der Waals surface area contributed by atoms with Crippen molar-refractivity contribution in [3.8, 4) is 0 Å². The summed E-state index contributed by atoms with van der Waals surface area (Å²) in [6.07, 6.45) is 13.2. The first-order valence-corrected chi connectivity index (χ1v) is 10.9. The largest absolute Gasteiger partial charge is 0.462 e. The predicted molar refractivity (Wildman–Crippen MR) is 111 cm³/mol. The van der Waals surface area contributed by atoms with Gasteiger partial charge in [0.15, 0.2) is 0 Å². The van der Waals surface area contributed by atoms with Crippen molar-refractivity contribution >= 4 is 5.97 Å². The molecular weight excluding hydrogens is 324 g/mol. The van der Waals surface area contributed by atoms with Gasteiger partial charge in [0.05, 0.1) is 12.2 Å². The van der Waals surface area contributed by atoms with E-state index < -0.39 is 0 Å². The summed E-state index contributed by atoms with van der Waals surface area (Å²) < 4.78 is 11.6. The van der Waals surface area contributed by atoms with E-state index in [2.05, 4.69) is 34.3 Å². The van der Waals surface area contributed by atoms with Crippen molar-refractivity contribution in [2.45, 2.75) is 111 Å². The summed E-state index contributed by atoms with van der Waals surface area (Å²) in [5.41, 5.74) is 0.440. The molecule has 0 aliphatic carbocycles. The van der Waals surface area contributed by atoms with Crippen LogP contribution in [0, 0.1) is 5.92 Å².